The smallest absolute Gasteiger partial charge is 0.274 e. The molecule has 1 fully saturated rings. The molecule has 0 saturated carbocycles. The highest BCUT2D eigenvalue weighted by molar-refractivity contribution is 14.1. The van der Waals surface area contributed by atoms with Gasteiger partial charge in [0, 0.05) is 27.3 Å². The van der Waals surface area contributed by atoms with E-state index < -0.39 is 11.6 Å². The summed E-state index contributed by atoms with van der Waals surface area (Å²) in [5, 5.41) is 0. The van der Waals surface area contributed by atoms with E-state index in [-0.39, 0.29) is 29.8 Å². The fourth-order valence-electron chi connectivity index (χ4n) is 5.51. The van der Waals surface area contributed by atoms with Crippen LogP contribution in [0.2, 0.25) is 0 Å². The monoisotopic (exact) mass is 536 g/mol. The van der Waals surface area contributed by atoms with Gasteiger partial charge >= 0.3 is 0 Å². The average molecular weight is 536 g/mol. The molecule has 0 aliphatic carbocycles. The van der Waals surface area contributed by atoms with Gasteiger partial charge in [-0.15, -0.1) is 0 Å². The van der Waals surface area contributed by atoms with Crippen LogP contribution in [0.15, 0.2) is 35.1 Å². The van der Waals surface area contributed by atoms with E-state index in [1.54, 1.807) is 14.2 Å². The van der Waals surface area contributed by atoms with Crippen molar-refractivity contribution >= 4 is 28.5 Å². The lowest BCUT2D eigenvalue weighted by atomic mass is 9.85. The Kier molecular flexibility index (Phi) is 5.34. The molecule has 1 aromatic carbocycles. The summed E-state index contributed by atoms with van der Waals surface area (Å²) in [5.41, 5.74) is 1.28. The van der Waals surface area contributed by atoms with Crippen LogP contribution in [0.1, 0.15) is 47.1 Å². The molecule has 2 aromatic rings. The van der Waals surface area contributed by atoms with Gasteiger partial charge in [0.25, 0.3) is 5.91 Å². The molecule has 0 N–H and O–H groups in total. The quantitative estimate of drug-likeness (QED) is 0.550. The standard InChI is InChI=1S/C23H25IN2O5/c1-29-20-16-15(24)18(27)19(31-12-14-8-4-3-5-9-14)17-22(28)25-11-7-6-10-23(13-25,26(16)17)21(20)30-2/h3-5,8-9,20-21H,6-7,10-13H2,1-2H3. The van der Waals surface area contributed by atoms with Gasteiger partial charge in [-0.1, -0.05) is 30.3 Å². The van der Waals surface area contributed by atoms with Crippen LogP contribution < -0.4 is 10.2 Å². The van der Waals surface area contributed by atoms with E-state index >= 15 is 0 Å². The number of aromatic nitrogens is 1. The van der Waals surface area contributed by atoms with Crippen molar-refractivity contribution in [1.82, 2.24) is 9.47 Å². The Labute approximate surface area is 194 Å². The Hall–Kier alpha value is -1.91. The maximum Gasteiger partial charge on any atom is 0.274 e. The van der Waals surface area contributed by atoms with Gasteiger partial charge in [-0.2, -0.15) is 0 Å². The fraction of sp³-hybridized carbons (Fsp3) is 0.478. The fourth-order valence-corrected chi connectivity index (χ4v) is 6.30. The van der Waals surface area contributed by atoms with E-state index in [0.29, 0.717) is 22.4 Å². The van der Waals surface area contributed by atoms with Crippen molar-refractivity contribution in [1.29, 1.82) is 0 Å². The Bertz CT molecular complexity index is 1090. The SMILES string of the molecule is COC1c2c(I)c(=O)c(OCc3ccccc3)c3n2C2(CCCCN(C2)C3=O)C1OC. The summed E-state index contributed by atoms with van der Waals surface area (Å²) in [5.74, 6) is -0.0217. The number of hydrogen-bond acceptors (Lipinski definition) is 5. The van der Waals surface area contributed by atoms with Gasteiger partial charge in [0.1, 0.15) is 18.8 Å². The number of ether oxygens (including phenoxy) is 3. The van der Waals surface area contributed by atoms with Crippen molar-refractivity contribution in [3.63, 3.8) is 0 Å². The van der Waals surface area contributed by atoms with Gasteiger partial charge in [-0.25, -0.2) is 0 Å². The van der Waals surface area contributed by atoms with Gasteiger partial charge in [0.15, 0.2) is 11.4 Å². The van der Waals surface area contributed by atoms with Crippen molar-refractivity contribution < 1.29 is 19.0 Å². The molecule has 3 atom stereocenters. The number of nitrogens with zero attached hydrogens (tertiary/aromatic N) is 2. The number of carbonyl (C=O) groups is 1. The first-order chi connectivity index (χ1) is 15.0. The third-order valence-corrected chi connectivity index (χ3v) is 7.85. The van der Waals surface area contributed by atoms with E-state index in [4.69, 9.17) is 14.2 Å². The van der Waals surface area contributed by atoms with Crippen molar-refractivity contribution in [2.45, 2.75) is 43.6 Å². The minimum atomic E-state index is -0.469. The number of halogens is 1. The lowest BCUT2D eigenvalue weighted by molar-refractivity contribution is -0.0818. The molecule has 4 heterocycles. The predicted molar refractivity (Wildman–Crippen MR) is 122 cm³/mol. The van der Waals surface area contributed by atoms with E-state index in [0.717, 1.165) is 30.5 Å². The molecular weight excluding hydrogens is 511 g/mol. The van der Waals surface area contributed by atoms with Crippen LogP contribution in [0.5, 0.6) is 5.75 Å². The van der Waals surface area contributed by atoms with E-state index in [2.05, 4.69) is 22.6 Å². The molecule has 1 spiro atoms. The van der Waals surface area contributed by atoms with E-state index in [1.807, 2.05) is 39.8 Å². The predicted octanol–water partition coefficient (Wildman–Crippen LogP) is 3.08. The first-order valence-electron chi connectivity index (χ1n) is 10.5. The second-order valence-corrected chi connectivity index (χ2v) is 9.49. The van der Waals surface area contributed by atoms with Crippen LogP contribution in [0.3, 0.4) is 0 Å². The van der Waals surface area contributed by atoms with Crippen molar-refractivity contribution in [3.05, 3.63) is 61.1 Å². The number of pyridine rings is 1. The molecule has 3 unspecified atom stereocenters. The zero-order chi connectivity index (χ0) is 21.8. The molecular formula is C23H25IN2O5. The van der Waals surface area contributed by atoms with Gasteiger partial charge in [0.2, 0.25) is 5.43 Å². The maximum absolute atomic E-state index is 13.6. The number of fused-ring (bicyclic) bond motifs is 1. The summed E-state index contributed by atoms with van der Waals surface area (Å²) in [6, 6.07) is 9.66. The highest BCUT2D eigenvalue weighted by Gasteiger charge is 2.60. The maximum atomic E-state index is 13.6. The summed E-state index contributed by atoms with van der Waals surface area (Å²) in [7, 11) is 3.31. The third kappa shape index (κ3) is 2.98. The number of methoxy groups -OCH3 is 2. The Morgan fingerprint density at radius 3 is 2.61 bits per heavy atom. The zero-order valence-electron chi connectivity index (χ0n) is 17.6. The summed E-state index contributed by atoms with van der Waals surface area (Å²) >= 11 is 2.07. The van der Waals surface area contributed by atoms with Crippen LogP contribution in [0, 0.1) is 3.57 Å². The second kappa shape index (κ2) is 7.90. The minimum absolute atomic E-state index is 0.129. The summed E-state index contributed by atoms with van der Waals surface area (Å²) in [4.78, 5) is 28.9. The zero-order valence-corrected chi connectivity index (χ0v) is 19.8. The second-order valence-electron chi connectivity index (χ2n) is 8.42. The van der Waals surface area contributed by atoms with Gasteiger partial charge in [-0.05, 0) is 47.4 Å². The summed E-state index contributed by atoms with van der Waals surface area (Å²) in [6.45, 7) is 1.45. The van der Waals surface area contributed by atoms with Gasteiger partial charge in [-0.3, -0.25) is 9.59 Å². The molecule has 3 aliphatic rings. The van der Waals surface area contributed by atoms with Crippen LogP contribution in [0.25, 0.3) is 0 Å². The Morgan fingerprint density at radius 1 is 1.13 bits per heavy atom. The molecule has 1 aromatic heterocycles. The van der Waals surface area contributed by atoms with Crippen LogP contribution in [0.4, 0.5) is 0 Å². The molecule has 2 bridgehead atoms. The first-order valence-corrected chi connectivity index (χ1v) is 11.6. The van der Waals surface area contributed by atoms with Gasteiger partial charge in [0.05, 0.1) is 14.8 Å². The number of hydrogen-bond donors (Lipinski definition) is 0. The molecule has 5 rings (SSSR count). The lowest BCUT2D eigenvalue weighted by Crippen LogP contribution is -2.57. The lowest BCUT2D eigenvalue weighted by Gasteiger charge is -2.44. The summed E-state index contributed by atoms with van der Waals surface area (Å²) < 4.78 is 20.5. The normalized spacial score (nSPS) is 26.5. The third-order valence-electron chi connectivity index (χ3n) is 6.81. The van der Waals surface area contributed by atoms with Crippen LogP contribution >= 0.6 is 22.6 Å². The average Bonchev–Trinajstić information content (AvgIpc) is 2.91. The topological polar surface area (TPSA) is 70.0 Å². The molecule has 1 saturated heterocycles. The van der Waals surface area contributed by atoms with Gasteiger partial charge < -0.3 is 23.7 Å². The highest BCUT2D eigenvalue weighted by Crippen LogP contribution is 2.52. The highest BCUT2D eigenvalue weighted by atomic mass is 127. The molecule has 31 heavy (non-hydrogen) atoms. The van der Waals surface area contributed by atoms with Crippen molar-refractivity contribution in [2.24, 2.45) is 0 Å². The van der Waals surface area contributed by atoms with E-state index in [1.165, 1.54) is 0 Å². The first kappa shape index (κ1) is 21.0. The molecule has 3 aliphatic heterocycles. The van der Waals surface area contributed by atoms with Crippen LogP contribution in [-0.2, 0) is 21.6 Å². The number of carbonyl (C=O) groups excluding carboxylic acids is 1. The number of rotatable bonds is 5. The Balaban J connectivity index is 1.75. The summed E-state index contributed by atoms with van der Waals surface area (Å²) in [6.07, 6.45) is 2.04. The van der Waals surface area contributed by atoms with Crippen LogP contribution in [-0.4, -0.2) is 48.8 Å². The largest absolute Gasteiger partial charge is 0.483 e. The van der Waals surface area contributed by atoms with Crippen molar-refractivity contribution in [3.8, 4) is 5.75 Å². The Morgan fingerprint density at radius 2 is 1.90 bits per heavy atom. The number of benzene rings is 1. The van der Waals surface area contributed by atoms with Crippen molar-refractivity contribution in [2.75, 3.05) is 27.3 Å². The van der Waals surface area contributed by atoms with E-state index in [9.17, 15) is 9.59 Å². The molecule has 0 radical (unpaired) electrons. The molecule has 164 valence electrons. The number of amides is 1. The molecule has 7 nitrogen and oxygen atoms in total. The minimum Gasteiger partial charge on any atom is -0.483 e. The molecule has 8 heteroatoms. The molecule has 1 amide bonds.